The summed E-state index contributed by atoms with van der Waals surface area (Å²) in [4.78, 5) is 28.5. The van der Waals surface area contributed by atoms with Crippen LogP contribution in [0.25, 0.3) is 0 Å². The average Bonchev–Trinajstić information content (AvgIpc) is 2.56. The maximum absolute atomic E-state index is 12.9. The van der Waals surface area contributed by atoms with Gasteiger partial charge in [-0.1, -0.05) is 26.6 Å². The minimum absolute atomic E-state index is 0.0564. The third-order valence-corrected chi connectivity index (χ3v) is 5.73. The first-order valence-corrected chi connectivity index (χ1v) is 12.5. The van der Waals surface area contributed by atoms with Crippen LogP contribution in [0.2, 0.25) is 25.7 Å². The van der Waals surface area contributed by atoms with Crippen molar-refractivity contribution in [3.8, 4) is 6.07 Å². The molecule has 0 aliphatic heterocycles. The Balaban J connectivity index is 2.97. The van der Waals surface area contributed by atoms with Crippen molar-refractivity contribution in [3.63, 3.8) is 0 Å². The summed E-state index contributed by atoms with van der Waals surface area (Å²) in [6, 6.07) is 4.06. The summed E-state index contributed by atoms with van der Waals surface area (Å²) < 4.78 is 5.67. The number of pyridine rings is 1. The SMILES string of the molecule is CCC(O)CN(COCC[Si](C)(C)C)C(=O)c1cc(C#N)c(=O)[nH]c1C. The van der Waals surface area contributed by atoms with Crippen molar-refractivity contribution in [2.45, 2.75) is 52.1 Å². The summed E-state index contributed by atoms with van der Waals surface area (Å²) in [6.07, 6.45) is -0.162. The molecule has 0 saturated heterocycles. The second-order valence-electron chi connectivity index (χ2n) is 7.60. The minimum Gasteiger partial charge on any atom is -0.391 e. The summed E-state index contributed by atoms with van der Waals surface area (Å²) in [5.41, 5.74) is -0.0157. The molecule has 1 rings (SSSR count). The highest BCUT2D eigenvalue weighted by Gasteiger charge is 2.22. The van der Waals surface area contributed by atoms with Crippen molar-refractivity contribution in [3.05, 3.63) is 33.2 Å². The predicted octanol–water partition coefficient (Wildman–Crippen LogP) is 2.08. The van der Waals surface area contributed by atoms with Gasteiger partial charge in [0, 0.05) is 26.9 Å². The lowest BCUT2D eigenvalue weighted by Gasteiger charge is -2.26. The molecule has 26 heavy (non-hydrogen) atoms. The van der Waals surface area contributed by atoms with E-state index in [-0.39, 0.29) is 30.3 Å². The Bertz CT molecular complexity index is 719. The minimum atomic E-state index is -1.24. The molecular formula is C18H29N3O4Si. The normalized spacial score (nSPS) is 12.5. The number of aromatic nitrogens is 1. The van der Waals surface area contributed by atoms with Gasteiger partial charge < -0.3 is 19.7 Å². The maximum Gasteiger partial charge on any atom is 0.266 e. The second-order valence-corrected chi connectivity index (χ2v) is 13.2. The lowest BCUT2D eigenvalue weighted by molar-refractivity contribution is 0.00950. The van der Waals surface area contributed by atoms with Crippen LogP contribution < -0.4 is 5.56 Å². The van der Waals surface area contributed by atoms with Gasteiger partial charge in [-0.2, -0.15) is 5.26 Å². The Kier molecular flexibility index (Phi) is 8.21. The lowest BCUT2D eigenvalue weighted by atomic mass is 10.1. The van der Waals surface area contributed by atoms with E-state index < -0.39 is 19.7 Å². The molecule has 1 heterocycles. The van der Waals surface area contributed by atoms with Crippen molar-refractivity contribution >= 4 is 14.0 Å². The number of amides is 1. The van der Waals surface area contributed by atoms with Gasteiger partial charge in [-0.05, 0) is 25.5 Å². The molecule has 1 atom stereocenters. The van der Waals surface area contributed by atoms with Crippen LogP contribution in [0.1, 0.15) is 35.0 Å². The molecule has 2 N–H and O–H groups in total. The first-order valence-electron chi connectivity index (χ1n) is 8.78. The van der Waals surface area contributed by atoms with Gasteiger partial charge in [0.1, 0.15) is 18.4 Å². The van der Waals surface area contributed by atoms with Gasteiger partial charge in [-0.3, -0.25) is 9.59 Å². The van der Waals surface area contributed by atoms with E-state index in [0.717, 1.165) is 6.04 Å². The highest BCUT2D eigenvalue weighted by Crippen LogP contribution is 2.12. The smallest absolute Gasteiger partial charge is 0.266 e. The largest absolute Gasteiger partial charge is 0.391 e. The molecule has 0 spiro atoms. The number of aliphatic hydroxyl groups excluding tert-OH is 1. The molecule has 8 heteroatoms. The van der Waals surface area contributed by atoms with Crippen LogP contribution in [0.3, 0.4) is 0 Å². The van der Waals surface area contributed by atoms with Gasteiger partial charge >= 0.3 is 0 Å². The van der Waals surface area contributed by atoms with Gasteiger partial charge in [0.25, 0.3) is 11.5 Å². The number of nitriles is 1. The average molecular weight is 380 g/mol. The molecule has 0 bridgehead atoms. The Morgan fingerprint density at radius 3 is 2.65 bits per heavy atom. The van der Waals surface area contributed by atoms with Crippen LogP contribution in [0.15, 0.2) is 10.9 Å². The van der Waals surface area contributed by atoms with Crippen LogP contribution in [0.5, 0.6) is 0 Å². The van der Waals surface area contributed by atoms with E-state index in [1.54, 1.807) is 13.0 Å². The molecule has 1 aromatic heterocycles. The Labute approximate surface area is 155 Å². The highest BCUT2D eigenvalue weighted by atomic mass is 28.3. The number of nitrogens with one attached hydrogen (secondary N) is 1. The summed E-state index contributed by atoms with van der Waals surface area (Å²) >= 11 is 0. The monoisotopic (exact) mass is 379 g/mol. The molecule has 1 aromatic rings. The highest BCUT2D eigenvalue weighted by molar-refractivity contribution is 6.76. The number of aromatic amines is 1. The van der Waals surface area contributed by atoms with Crippen molar-refractivity contribution < 1.29 is 14.6 Å². The fourth-order valence-corrected chi connectivity index (χ4v) is 2.99. The fourth-order valence-electron chi connectivity index (χ4n) is 2.23. The number of H-pyrrole nitrogens is 1. The van der Waals surface area contributed by atoms with Gasteiger partial charge in [0.15, 0.2) is 0 Å². The Morgan fingerprint density at radius 1 is 1.46 bits per heavy atom. The second kappa shape index (κ2) is 9.66. The summed E-state index contributed by atoms with van der Waals surface area (Å²) in [5.74, 6) is -0.379. The van der Waals surface area contributed by atoms with Crippen LogP contribution >= 0.6 is 0 Å². The van der Waals surface area contributed by atoms with E-state index in [0.29, 0.717) is 18.7 Å². The fraction of sp³-hybridized carbons (Fsp3) is 0.611. The van der Waals surface area contributed by atoms with Gasteiger partial charge in [-0.15, -0.1) is 0 Å². The topological polar surface area (TPSA) is 106 Å². The molecule has 1 amide bonds. The van der Waals surface area contributed by atoms with Crippen molar-refractivity contribution in [2.75, 3.05) is 19.9 Å². The zero-order valence-electron chi connectivity index (χ0n) is 16.3. The third kappa shape index (κ3) is 6.75. The summed E-state index contributed by atoms with van der Waals surface area (Å²) in [5, 5.41) is 19.0. The number of nitrogens with zero attached hydrogens (tertiary/aromatic N) is 2. The number of carbonyl (C=O) groups excluding carboxylic acids is 1. The number of ether oxygens (including phenoxy) is 1. The summed E-state index contributed by atoms with van der Waals surface area (Å²) in [6.45, 7) is 10.9. The molecular weight excluding hydrogens is 350 g/mol. The van der Waals surface area contributed by atoms with Crippen LogP contribution in [-0.4, -0.2) is 55.0 Å². The standard InChI is InChI=1S/C18H29N3O4Si/c1-6-15(22)11-21(12-25-7-8-26(3,4)5)18(24)16-9-14(10-19)17(23)20-13(16)2/h9,15,22H,6-8,11-12H2,1-5H3,(H,20,23). The van der Waals surface area contributed by atoms with Gasteiger partial charge in [0.05, 0.1) is 11.7 Å². The summed E-state index contributed by atoms with van der Waals surface area (Å²) in [7, 11) is -1.24. The third-order valence-electron chi connectivity index (χ3n) is 4.02. The zero-order valence-corrected chi connectivity index (χ0v) is 17.3. The number of hydrogen-bond donors (Lipinski definition) is 2. The van der Waals surface area contributed by atoms with Crippen molar-refractivity contribution in [2.24, 2.45) is 0 Å². The number of aliphatic hydroxyl groups is 1. The number of aryl methyl sites for hydroxylation is 1. The van der Waals surface area contributed by atoms with Crippen LogP contribution in [0.4, 0.5) is 0 Å². The first kappa shape index (κ1) is 22.1. The zero-order chi connectivity index (χ0) is 19.9. The molecule has 0 radical (unpaired) electrons. The molecule has 0 fully saturated rings. The van der Waals surface area contributed by atoms with Crippen molar-refractivity contribution in [1.29, 1.82) is 5.26 Å². The molecule has 144 valence electrons. The van der Waals surface area contributed by atoms with E-state index in [1.807, 2.05) is 6.92 Å². The number of hydrogen-bond acceptors (Lipinski definition) is 5. The van der Waals surface area contributed by atoms with E-state index in [9.17, 15) is 14.7 Å². The molecule has 7 nitrogen and oxygen atoms in total. The lowest BCUT2D eigenvalue weighted by Crippen LogP contribution is -2.40. The Hall–Kier alpha value is -1.95. The van der Waals surface area contributed by atoms with Crippen molar-refractivity contribution in [1.82, 2.24) is 9.88 Å². The number of carbonyl (C=O) groups is 1. The van der Waals surface area contributed by atoms with E-state index in [1.165, 1.54) is 11.0 Å². The number of rotatable bonds is 9. The Morgan fingerprint density at radius 2 is 2.12 bits per heavy atom. The quantitative estimate of drug-likeness (QED) is 0.388. The van der Waals surface area contributed by atoms with E-state index in [2.05, 4.69) is 24.6 Å². The molecule has 0 aromatic carbocycles. The van der Waals surface area contributed by atoms with Crippen LogP contribution in [-0.2, 0) is 4.74 Å². The van der Waals surface area contributed by atoms with Gasteiger partial charge in [-0.25, -0.2) is 0 Å². The maximum atomic E-state index is 12.9. The molecule has 0 saturated carbocycles. The van der Waals surface area contributed by atoms with Crippen LogP contribution in [0, 0.1) is 18.3 Å². The first-order chi connectivity index (χ1) is 12.1. The molecule has 0 aliphatic rings. The van der Waals surface area contributed by atoms with Gasteiger partial charge in [0.2, 0.25) is 0 Å². The van der Waals surface area contributed by atoms with E-state index >= 15 is 0 Å². The molecule has 0 aliphatic carbocycles. The molecule has 1 unspecified atom stereocenters. The predicted molar refractivity (Wildman–Crippen MR) is 103 cm³/mol. The van der Waals surface area contributed by atoms with E-state index in [4.69, 9.17) is 10.00 Å².